The molecule has 2 heterocycles. The first-order valence-electron chi connectivity index (χ1n) is 3.81. The van der Waals surface area contributed by atoms with E-state index in [0.29, 0.717) is 11.0 Å². The quantitative estimate of drug-likeness (QED) is 0.845. The Labute approximate surface area is 87.7 Å². The molecule has 0 amide bonds. The minimum absolute atomic E-state index is 0.164. The Hall–Kier alpha value is -1.49. The summed E-state index contributed by atoms with van der Waals surface area (Å²) in [5.41, 5.74) is 0.704. The van der Waals surface area contributed by atoms with Gasteiger partial charge in [0.15, 0.2) is 5.65 Å². The molecule has 0 aliphatic heterocycles. The van der Waals surface area contributed by atoms with E-state index in [9.17, 15) is 4.79 Å². The number of hydrogen-bond acceptors (Lipinski definition) is 3. The van der Waals surface area contributed by atoms with Crippen LogP contribution in [0, 0.1) is 0 Å². The highest BCUT2D eigenvalue weighted by atomic mass is 79.9. The highest BCUT2D eigenvalue weighted by molar-refractivity contribution is 9.10. The van der Waals surface area contributed by atoms with Crippen molar-refractivity contribution in [3.05, 3.63) is 34.6 Å². The van der Waals surface area contributed by atoms with Crippen molar-refractivity contribution in [2.24, 2.45) is 0 Å². The second-order valence-electron chi connectivity index (χ2n) is 2.73. The van der Waals surface area contributed by atoms with Crippen LogP contribution in [0.4, 0.5) is 0 Å². The normalized spacial score (nSPS) is 10.4. The Balaban J connectivity index is 2.69. The summed E-state index contributed by atoms with van der Waals surface area (Å²) in [6, 6.07) is 3.32. The van der Waals surface area contributed by atoms with Crippen LogP contribution in [-0.2, 0) is 0 Å². The third kappa shape index (κ3) is 1.58. The SMILES string of the molecule is O=C(O)c1cnc2ncc(Br)cc2c1. The summed E-state index contributed by atoms with van der Waals surface area (Å²) in [4.78, 5) is 18.6. The fraction of sp³-hybridized carbons (Fsp3) is 0. The average Bonchev–Trinajstić information content (AvgIpc) is 2.16. The number of hydrogen-bond donors (Lipinski definition) is 1. The number of halogens is 1. The summed E-state index contributed by atoms with van der Waals surface area (Å²) in [7, 11) is 0. The average molecular weight is 253 g/mol. The van der Waals surface area contributed by atoms with Gasteiger partial charge in [0, 0.05) is 22.3 Å². The van der Waals surface area contributed by atoms with Crippen molar-refractivity contribution in [2.45, 2.75) is 0 Å². The molecule has 0 aliphatic rings. The van der Waals surface area contributed by atoms with Crippen molar-refractivity contribution in [3.8, 4) is 0 Å². The number of aromatic nitrogens is 2. The summed E-state index contributed by atoms with van der Waals surface area (Å²) in [5, 5.41) is 9.45. The molecule has 0 bridgehead atoms. The maximum atomic E-state index is 10.7. The molecule has 5 heteroatoms. The molecule has 2 aromatic rings. The van der Waals surface area contributed by atoms with E-state index < -0.39 is 5.97 Å². The first-order chi connectivity index (χ1) is 6.66. The molecule has 2 rings (SSSR count). The molecule has 14 heavy (non-hydrogen) atoms. The minimum Gasteiger partial charge on any atom is -0.478 e. The summed E-state index contributed by atoms with van der Waals surface area (Å²) in [6.45, 7) is 0. The number of aromatic carboxylic acids is 1. The summed E-state index contributed by atoms with van der Waals surface area (Å²) in [6.07, 6.45) is 2.92. The van der Waals surface area contributed by atoms with E-state index in [1.54, 1.807) is 18.3 Å². The van der Waals surface area contributed by atoms with Gasteiger partial charge < -0.3 is 5.11 Å². The smallest absolute Gasteiger partial charge is 0.337 e. The van der Waals surface area contributed by atoms with Gasteiger partial charge in [-0.05, 0) is 28.1 Å². The molecule has 0 spiro atoms. The molecule has 0 radical (unpaired) electrons. The predicted molar refractivity (Wildman–Crippen MR) is 54.2 cm³/mol. The Bertz CT molecular complexity index is 513. The van der Waals surface area contributed by atoms with Crippen molar-refractivity contribution in [1.29, 1.82) is 0 Å². The van der Waals surface area contributed by atoms with E-state index in [4.69, 9.17) is 5.11 Å². The third-order valence-corrected chi connectivity index (χ3v) is 2.18. The Kier molecular flexibility index (Phi) is 2.17. The Morgan fingerprint density at radius 3 is 2.71 bits per heavy atom. The molecule has 0 aromatic carbocycles. The van der Waals surface area contributed by atoms with Crippen LogP contribution in [0.15, 0.2) is 29.0 Å². The number of carbonyl (C=O) groups is 1. The summed E-state index contributed by atoms with van der Waals surface area (Å²) < 4.78 is 0.800. The van der Waals surface area contributed by atoms with Crippen LogP contribution in [0.1, 0.15) is 10.4 Å². The first-order valence-corrected chi connectivity index (χ1v) is 4.61. The molecule has 0 saturated heterocycles. The van der Waals surface area contributed by atoms with E-state index in [1.165, 1.54) is 6.20 Å². The van der Waals surface area contributed by atoms with E-state index >= 15 is 0 Å². The molecule has 4 nitrogen and oxygen atoms in total. The predicted octanol–water partition coefficient (Wildman–Crippen LogP) is 2.09. The van der Waals surface area contributed by atoms with Crippen molar-refractivity contribution < 1.29 is 9.90 Å². The van der Waals surface area contributed by atoms with Gasteiger partial charge in [-0.15, -0.1) is 0 Å². The fourth-order valence-corrected chi connectivity index (χ4v) is 1.46. The zero-order valence-corrected chi connectivity index (χ0v) is 8.52. The maximum Gasteiger partial charge on any atom is 0.337 e. The van der Waals surface area contributed by atoms with Gasteiger partial charge in [0.1, 0.15) is 0 Å². The molecule has 70 valence electrons. The van der Waals surface area contributed by atoms with Crippen LogP contribution in [0.2, 0.25) is 0 Å². The molecule has 0 aliphatic carbocycles. The van der Waals surface area contributed by atoms with E-state index in [2.05, 4.69) is 25.9 Å². The second kappa shape index (κ2) is 3.34. The van der Waals surface area contributed by atoms with E-state index in [1.807, 2.05) is 0 Å². The zero-order valence-electron chi connectivity index (χ0n) is 6.94. The topological polar surface area (TPSA) is 63.1 Å². The van der Waals surface area contributed by atoms with Gasteiger partial charge in [-0.25, -0.2) is 14.8 Å². The van der Waals surface area contributed by atoms with Crippen molar-refractivity contribution in [1.82, 2.24) is 9.97 Å². The molecule has 0 unspecified atom stereocenters. The van der Waals surface area contributed by atoms with Gasteiger partial charge in [-0.3, -0.25) is 0 Å². The van der Waals surface area contributed by atoms with Gasteiger partial charge in [0.05, 0.1) is 5.56 Å². The number of fused-ring (bicyclic) bond motifs is 1. The van der Waals surface area contributed by atoms with Gasteiger partial charge in [0.2, 0.25) is 0 Å². The third-order valence-electron chi connectivity index (χ3n) is 1.75. The zero-order chi connectivity index (χ0) is 10.1. The number of carboxylic acid groups (broad SMARTS) is 1. The van der Waals surface area contributed by atoms with Crippen LogP contribution >= 0.6 is 15.9 Å². The van der Waals surface area contributed by atoms with Crippen LogP contribution in [-0.4, -0.2) is 21.0 Å². The molecule has 0 atom stereocenters. The van der Waals surface area contributed by atoms with Gasteiger partial charge in [-0.1, -0.05) is 0 Å². The number of carboxylic acids is 1. The molecule has 0 fully saturated rings. The standard InChI is InChI=1S/C9H5BrN2O2/c10-7-2-5-1-6(9(13)14)3-11-8(5)12-4-7/h1-4H,(H,13,14). The molecule has 1 N–H and O–H groups in total. The lowest BCUT2D eigenvalue weighted by molar-refractivity contribution is 0.0696. The lowest BCUT2D eigenvalue weighted by Crippen LogP contribution is -1.97. The molecular formula is C9H5BrN2O2. The van der Waals surface area contributed by atoms with Crippen LogP contribution in [0.3, 0.4) is 0 Å². The summed E-state index contributed by atoms with van der Waals surface area (Å²) >= 11 is 3.26. The Morgan fingerprint density at radius 2 is 2.00 bits per heavy atom. The maximum absolute atomic E-state index is 10.7. The van der Waals surface area contributed by atoms with E-state index in [0.717, 1.165) is 4.47 Å². The molecular weight excluding hydrogens is 248 g/mol. The monoisotopic (exact) mass is 252 g/mol. The molecule has 0 saturated carbocycles. The largest absolute Gasteiger partial charge is 0.478 e. The minimum atomic E-state index is -0.987. The van der Waals surface area contributed by atoms with Crippen molar-refractivity contribution in [3.63, 3.8) is 0 Å². The first kappa shape index (κ1) is 9.08. The number of pyridine rings is 2. The van der Waals surface area contributed by atoms with Gasteiger partial charge in [-0.2, -0.15) is 0 Å². The van der Waals surface area contributed by atoms with E-state index in [-0.39, 0.29) is 5.56 Å². The lowest BCUT2D eigenvalue weighted by atomic mass is 10.2. The van der Waals surface area contributed by atoms with Crippen LogP contribution in [0.5, 0.6) is 0 Å². The van der Waals surface area contributed by atoms with Gasteiger partial charge >= 0.3 is 5.97 Å². The highest BCUT2D eigenvalue weighted by Crippen LogP contribution is 2.16. The number of rotatable bonds is 1. The lowest BCUT2D eigenvalue weighted by Gasteiger charge is -1.98. The Morgan fingerprint density at radius 1 is 1.29 bits per heavy atom. The van der Waals surface area contributed by atoms with Gasteiger partial charge in [0.25, 0.3) is 0 Å². The summed E-state index contributed by atoms with van der Waals surface area (Å²) in [5.74, 6) is -0.987. The van der Waals surface area contributed by atoms with Crippen molar-refractivity contribution >= 4 is 32.9 Å². The van der Waals surface area contributed by atoms with Crippen LogP contribution < -0.4 is 0 Å². The number of nitrogens with zero attached hydrogens (tertiary/aromatic N) is 2. The van der Waals surface area contributed by atoms with Crippen LogP contribution in [0.25, 0.3) is 11.0 Å². The highest BCUT2D eigenvalue weighted by Gasteiger charge is 2.05. The fourth-order valence-electron chi connectivity index (χ4n) is 1.11. The molecule has 2 aromatic heterocycles. The second-order valence-corrected chi connectivity index (χ2v) is 3.65. The van der Waals surface area contributed by atoms with Crippen molar-refractivity contribution in [2.75, 3.05) is 0 Å².